The third-order valence-electron chi connectivity index (χ3n) is 1.94. The highest BCUT2D eigenvalue weighted by Crippen LogP contribution is 2.15. The summed E-state index contributed by atoms with van der Waals surface area (Å²) in [5.74, 6) is 0.839. The van der Waals surface area contributed by atoms with Gasteiger partial charge in [0, 0.05) is 18.9 Å². The van der Waals surface area contributed by atoms with Crippen molar-refractivity contribution < 1.29 is 4.42 Å². The molecule has 0 aliphatic rings. The number of nitrogens with zero attached hydrogens (tertiary/aromatic N) is 2. The minimum atomic E-state index is 0.00463. The Morgan fingerprint density at radius 3 is 3.00 bits per heavy atom. The summed E-state index contributed by atoms with van der Waals surface area (Å²) in [6, 6.07) is 5.62. The molecule has 0 saturated carbocycles. The molecule has 2 aromatic rings. The van der Waals surface area contributed by atoms with Gasteiger partial charge in [0.05, 0.1) is 6.26 Å². The Hall–Kier alpha value is -1.55. The van der Waals surface area contributed by atoms with Gasteiger partial charge in [0.2, 0.25) is 0 Å². The van der Waals surface area contributed by atoms with Gasteiger partial charge >= 0.3 is 0 Å². The molecule has 0 radical (unpaired) electrons. The maximum atomic E-state index is 5.63. The highest BCUT2D eigenvalue weighted by Gasteiger charge is 2.13. The number of rotatable bonds is 3. The highest BCUT2D eigenvalue weighted by molar-refractivity contribution is 5.06. The van der Waals surface area contributed by atoms with E-state index >= 15 is 0 Å². The van der Waals surface area contributed by atoms with E-state index in [-0.39, 0.29) is 6.04 Å². The molecule has 68 valence electrons. The van der Waals surface area contributed by atoms with Crippen LogP contribution in [0.3, 0.4) is 0 Å². The van der Waals surface area contributed by atoms with Crippen LogP contribution < -0.4 is 5.73 Å². The molecule has 2 N–H and O–H groups in total. The van der Waals surface area contributed by atoms with Gasteiger partial charge in [-0.05, 0) is 18.2 Å². The van der Waals surface area contributed by atoms with Crippen LogP contribution in [0.4, 0.5) is 0 Å². The van der Waals surface area contributed by atoms with Crippen molar-refractivity contribution in [3.8, 4) is 0 Å². The first-order chi connectivity index (χ1) is 6.42. The van der Waals surface area contributed by atoms with Gasteiger partial charge in [-0.1, -0.05) is 0 Å². The van der Waals surface area contributed by atoms with E-state index in [2.05, 4.69) is 5.10 Å². The van der Waals surface area contributed by atoms with Crippen LogP contribution in [0.15, 0.2) is 41.3 Å². The fraction of sp³-hybridized carbons (Fsp3) is 0.222. The van der Waals surface area contributed by atoms with Gasteiger partial charge in [0.15, 0.2) is 0 Å². The summed E-state index contributed by atoms with van der Waals surface area (Å²) in [7, 11) is 0. The van der Waals surface area contributed by atoms with Crippen molar-refractivity contribution in [3.63, 3.8) is 0 Å². The second-order valence-corrected chi connectivity index (χ2v) is 2.75. The number of aromatic nitrogens is 2. The zero-order chi connectivity index (χ0) is 9.10. The maximum absolute atomic E-state index is 5.63. The molecule has 0 aromatic carbocycles. The first-order valence-electron chi connectivity index (χ1n) is 4.14. The number of hydrogen-bond acceptors (Lipinski definition) is 3. The van der Waals surface area contributed by atoms with Gasteiger partial charge in [-0.3, -0.25) is 4.68 Å². The maximum Gasteiger partial charge on any atom is 0.129 e. The predicted molar refractivity (Wildman–Crippen MR) is 48.1 cm³/mol. The standard InChI is InChI=1S/C9H11N3O/c10-7-8(9-3-1-6-13-9)12-5-2-4-11-12/h1-6,8H,7,10H2. The molecular formula is C9H11N3O. The molecule has 4 heteroatoms. The summed E-state index contributed by atoms with van der Waals surface area (Å²) < 4.78 is 7.06. The fourth-order valence-electron chi connectivity index (χ4n) is 1.30. The van der Waals surface area contributed by atoms with Gasteiger partial charge in [-0.15, -0.1) is 0 Å². The van der Waals surface area contributed by atoms with Crippen molar-refractivity contribution in [3.05, 3.63) is 42.6 Å². The second-order valence-electron chi connectivity index (χ2n) is 2.75. The molecule has 13 heavy (non-hydrogen) atoms. The summed E-state index contributed by atoms with van der Waals surface area (Å²) >= 11 is 0. The van der Waals surface area contributed by atoms with Gasteiger partial charge in [-0.2, -0.15) is 5.10 Å². The van der Waals surface area contributed by atoms with E-state index in [1.165, 1.54) is 0 Å². The van der Waals surface area contributed by atoms with Crippen LogP contribution in [-0.4, -0.2) is 16.3 Å². The van der Waals surface area contributed by atoms with Gasteiger partial charge in [0.25, 0.3) is 0 Å². The quantitative estimate of drug-likeness (QED) is 0.761. The van der Waals surface area contributed by atoms with Crippen LogP contribution in [0.5, 0.6) is 0 Å². The Morgan fingerprint density at radius 1 is 1.54 bits per heavy atom. The molecule has 4 nitrogen and oxygen atoms in total. The van der Waals surface area contributed by atoms with Crippen LogP contribution in [-0.2, 0) is 0 Å². The van der Waals surface area contributed by atoms with Crippen molar-refractivity contribution in [2.45, 2.75) is 6.04 Å². The van der Waals surface area contributed by atoms with Crippen molar-refractivity contribution in [2.24, 2.45) is 5.73 Å². The summed E-state index contributed by atoms with van der Waals surface area (Å²) in [6.07, 6.45) is 5.24. The lowest BCUT2D eigenvalue weighted by molar-refractivity contribution is 0.410. The zero-order valence-electron chi connectivity index (χ0n) is 7.13. The Balaban J connectivity index is 2.29. The predicted octanol–water partition coefficient (Wildman–Crippen LogP) is 1.02. The van der Waals surface area contributed by atoms with Crippen LogP contribution in [0.25, 0.3) is 0 Å². The average Bonchev–Trinajstić information content (AvgIpc) is 2.76. The van der Waals surface area contributed by atoms with Crippen LogP contribution >= 0.6 is 0 Å². The molecule has 2 aromatic heterocycles. The molecule has 0 spiro atoms. The highest BCUT2D eigenvalue weighted by atomic mass is 16.3. The first kappa shape index (κ1) is 8.07. The lowest BCUT2D eigenvalue weighted by atomic mass is 10.2. The molecule has 0 aliphatic carbocycles. The lowest BCUT2D eigenvalue weighted by Crippen LogP contribution is -2.20. The van der Waals surface area contributed by atoms with E-state index in [0.29, 0.717) is 6.54 Å². The monoisotopic (exact) mass is 177 g/mol. The molecule has 0 aliphatic heterocycles. The third-order valence-corrected chi connectivity index (χ3v) is 1.94. The van der Waals surface area contributed by atoms with E-state index in [0.717, 1.165) is 5.76 Å². The first-order valence-corrected chi connectivity index (χ1v) is 4.14. The second kappa shape index (κ2) is 3.45. The average molecular weight is 177 g/mol. The zero-order valence-corrected chi connectivity index (χ0v) is 7.13. The Labute approximate surface area is 76.0 Å². The minimum absolute atomic E-state index is 0.00463. The number of nitrogens with two attached hydrogens (primary N) is 1. The van der Waals surface area contributed by atoms with E-state index < -0.39 is 0 Å². The normalized spacial score (nSPS) is 13.0. The molecule has 0 fully saturated rings. The Bertz CT molecular complexity index is 305. The van der Waals surface area contributed by atoms with Gasteiger partial charge in [-0.25, -0.2) is 0 Å². The van der Waals surface area contributed by atoms with Gasteiger partial charge < -0.3 is 10.2 Å². The SMILES string of the molecule is NCC(c1ccco1)n1cccn1. The minimum Gasteiger partial charge on any atom is -0.467 e. The molecule has 1 atom stereocenters. The molecule has 0 bridgehead atoms. The molecule has 2 heterocycles. The smallest absolute Gasteiger partial charge is 0.129 e. The van der Waals surface area contributed by atoms with E-state index in [1.54, 1.807) is 17.1 Å². The Morgan fingerprint density at radius 2 is 2.46 bits per heavy atom. The number of furan rings is 1. The van der Waals surface area contributed by atoms with E-state index in [9.17, 15) is 0 Å². The molecule has 0 saturated heterocycles. The summed E-state index contributed by atoms with van der Waals surface area (Å²) in [5, 5.41) is 4.12. The molecular weight excluding hydrogens is 166 g/mol. The van der Waals surface area contributed by atoms with Crippen LogP contribution in [0, 0.1) is 0 Å². The van der Waals surface area contributed by atoms with Crippen molar-refractivity contribution >= 4 is 0 Å². The summed E-state index contributed by atoms with van der Waals surface area (Å²) in [6.45, 7) is 0.481. The number of hydrogen-bond donors (Lipinski definition) is 1. The van der Waals surface area contributed by atoms with Crippen molar-refractivity contribution in [1.29, 1.82) is 0 Å². The topological polar surface area (TPSA) is 57.0 Å². The van der Waals surface area contributed by atoms with E-state index in [4.69, 9.17) is 10.2 Å². The molecule has 1 unspecified atom stereocenters. The largest absolute Gasteiger partial charge is 0.467 e. The third kappa shape index (κ3) is 1.48. The van der Waals surface area contributed by atoms with Crippen LogP contribution in [0.2, 0.25) is 0 Å². The lowest BCUT2D eigenvalue weighted by Gasteiger charge is -2.11. The van der Waals surface area contributed by atoms with E-state index in [1.807, 2.05) is 24.4 Å². The molecule has 0 amide bonds. The van der Waals surface area contributed by atoms with Crippen molar-refractivity contribution in [1.82, 2.24) is 9.78 Å². The van der Waals surface area contributed by atoms with Crippen LogP contribution in [0.1, 0.15) is 11.8 Å². The molecule has 2 rings (SSSR count). The van der Waals surface area contributed by atoms with Crippen molar-refractivity contribution in [2.75, 3.05) is 6.54 Å². The van der Waals surface area contributed by atoms with Gasteiger partial charge in [0.1, 0.15) is 11.8 Å². The Kier molecular flexibility index (Phi) is 2.14. The fourth-order valence-corrected chi connectivity index (χ4v) is 1.30. The summed E-state index contributed by atoms with van der Waals surface area (Å²) in [5.41, 5.74) is 5.63. The summed E-state index contributed by atoms with van der Waals surface area (Å²) in [4.78, 5) is 0.